The zero-order chi connectivity index (χ0) is 14.7. The van der Waals surface area contributed by atoms with E-state index in [1.54, 1.807) is 0 Å². The molecule has 1 aromatic rings. The molecule has 0 saturated carbocycles. The van der Waals surface area contributed by atoms with Gasteiger partial charge in [0, 0.05) is 12.6 Å². The largest absolute Gasteiger partial charge is 0.339 e. The standard InChI is InChI=1S/C17H26N2O/c1-4-14-5-7-16(8-6-14)13(3)17(20)19-11-15(10-18)9-12(19)2/h5-8,12-13,15H,4,9-11,18H2,1-3H3. The SMILES string of the molecule is CCc1ccc(C(C)C(=O)N2CC(CN)CC2C)cc1. The number of carbonyl (C=O) groups is 1. The molecule has 0 bridgehead atoms. The van der Waals surface area contributed by atoms with E-state index in [-0.39, 0.29) is 11.8 Å². The van der Waals surface area contributed by atoms with Gasteiger partial charge >= 0.3 is 0 Å². The Morgan fingerprint density at radius 1 is 1.40 bits per heavy atom. The second kappa shape index (κ2) is 6.40. The van der Waals surface area contributed by atoms with Crippen molar-refractivity contribution >= 4 is 5.91 Å². The molecule has 1 aromatic carbocycles. The fourth-order valence-electron chi connectivity index (χ4n) is 3.05. The van der Waals surface area contributed by atoms with E-state index in [1.165, 1.54) is 5.56 Å². The van der Waals surface area contributed by atoms with Crippen molar-refractivity contribution in [2.75, 3.05) is 13.1 Å². The molecular formula is C17H26N2O. The van der Waals surface area contributed by atoms with E-state index in [0.29, 0.717) is 18.5 Å². The summed E-state index contributed by atoms with van der Waals surface area (Å²) >= 11 is 0. The minimum absolute atomic E-state index is 0.0696. The minimum Gasteiger partial charge on any atom is -0.339 e. The molecule has 0 aliphatic carbocycles. The summed E-state index contributed by atoms with van der Waals surface area (Å²) in [5.74, 6) is 0.626. The highest BCUT2D eigenvalue weighted by Crippen LogP contribution is 2.27. The van der Waals surface area contributed by atoms with E-state index < -0.39 is 0 Å². The maximum Gasteiger partial charge on any atom is 0.230 e. The second-order valence-electron chi connectivity index (χ2n) is 5.99. The first-order chi connectivity index (χ1) is 9.56. The highest BCUT2D eigenvalue weighted by molar-refractivity contribution is 5.83. The van der Waals surface area contributed by atoms with Crippen molar-refractivity contribution in [3.8, 4) is 0 Å². The third-order valence-electron chi connectivity index (χ3n) is 4.54. The summed E-state index contributed by atoms with van der Waals surface area (Å²) < 4.78 is 0. The van der Waals surface area contributed by atoms with E-state index in [1.807, 2.05) is 11.8 Å². The van der Waals surface area contributed by atoms with Crippen LogP contribution >= 0.6 is 0 Å². The van der Waals surface area contributed by atoms with Gasteiger partial charge in [-0.2, -0.15) is 0 Å². The molecular weight excluding hydrogens is 248 g/mol. The van der Waals surface area contributed by atoms with Crippen LogP contribution in [0.3, 0.4) is 0 Å². The average Bonchev–Trinajstić information content (AvgIpc) is 2.87. The predicted octanol–water partition coefficient (Wildman–Crippen LogP) is 2.55. The minimum atomic E-state index is -0.0696. The lowest BCUT2D eigenvalue weighted by Gasteiger charge is -2.25. The van der Waals surface area contributed by atoms with Crippen molar-refractivity contribution in [1.82, 2.24) is 4.90 Å². The van der Waals surface area contributed by atoms with Crippen LogP contribution in [0.1, 0.15) is 44.2 Å². The van der Waals surface area contributed by atoms with Crippen LogP contribution in [-0.4, -0.2) is 29.9 Å². The highest BCUT2D eigenvalue weighted by Gasteiger charge is 2.33. The first kappa shape index (κ1) is 15.0. The lowest BCUT2D eigenvalue weighted by molar-refractivity contribution is -0.133. The number of nitrogens with two attached hydrogens (primary N) is 1. The van der Waals surface area contributed by atoms with Crippen molar-refractivity contribution in [3.05, 3.63) is 35.4 Å². The van der Waals surface area contributed by atoms with Crippen molar-refractivity contribution in [2.45, 2.75) is 45.6 Å². The Kier molecular flexibility index (Phi) is 4.81. The summed E-state index contributed by atoms with van der Waals surface area (Å²) in [7, 11) is 0. The second-order valence-corrected chi connectivity index (χ2v) is 5.99. The number of benzene rings is 1. The fourth-order valence-corrected chi connectivity index (χ4v) is 3.05. The smallest absolute Gasteiger partial charge is 0.230 e. The van der Waals surface area contributed by atoms with E-state index in [9.17, 15) is 4.79 Å². The lowest BCUT2D eigenvalue weighted by atomic mass is 9.97. The molecule has 3 unspecified atom stereocenters. The van der Waals surface area contributed by atoms with Crippen molar-refractivity contribution in [1.29, 1.82) is 0 Å². The van der Waals surface area contributed by atoms with Crippen LogP contribution in [0.15, 0.2) is 24.3 Å². The number of amides is 1. The van der Waals surface area contributed by atoms with Crippen LogP contribution in [0.25, 0.3) is 0 Å². The third-order valence-corrected chi connectivity index (χ3v) is 4.54. The molecule has 0 radical (unpaired) electrons. The molecule has 20 heavy (non-hydrogen) atoms. The number of likely N-dealkylation sites (tertiary alicyclic amines) is 1. The predicted molar refractivity (Wildman–Crippen MR) is 82.6 cm³/mol. The van der Waals surface area contributed by atoms with Crippen LogP contribution in [0, 0.1) is 5.92 Å². The molecule has 0 aromatic heterocycles. The van der Waals surface area contributed by atoms with E-state index >= 15 is 0 Å². The number of hydrogen-bond acceptors (Lipinski definition) is 2. The Bertz CT molecular complexity index is 455. The normalized spacial score (nSPS) is 23.9. The van der Waals surface area contributed by atoms with E-state index in [4.69, 9.17) is 5.73 Å². The van der Waals surface area contributed by atoms with Crippen LogP contribution < -0.4 is 5.73 Å². The molecule has 3 nitrogen and oxygen atoms in total. The third kappa shape index (κ3) is 3.04. The van der Waals surface area contributed by atoms with Gasteiger partial charge in [-0.05, 0) is 50.3 Å². The average molecular weight is 274 g/mol. The Balaban J connectivity index is 2.08. The molecule has 1 heterocycles. The topological polar surface area (TPSA) is 46.3 Å². The Morgan fingerprint density at radius 3 is 2.55 bits per heavy atom. The number of aryl methyl sites for hydroxylation is 1. The molecule has 2 N–H and O–H groups in total. The maximum absolute atomic E-state index is 12.7. The summed E-state index contributed by atoms with van der Waals surface area (Å²) in [5, 5.41) is 0. The van der Waals surface area contributed by atoms with Gasteiger partial charge < -0.3 is 10.6 Å². The molecule has 1 amide bonds. The van der Waals surface area contributed by atoms with Crippen LogP contribution in [-0.2, 0) is 11.2 Å². The van der Waals surface area contributed by atoms with Gasteiger partial charge in [0.15, 0.2) is 0 Å². The van der Waals surface area contributed by atoms with Crippen molar-refractivity contribution in [2.24, 2.45) is 11.7 Å². The van der Waals surface area contributed by atoms with Crippen LogP contribution in [0.5, 0.6) is 0 Å². The molecule has 1 fully saturated rings. The van der Waals surface area contributed by atoms with Gasteiger partial charge in [0.25, 0.3) is 0 Å². The summed E-state index contributed by atoms with van der Waals surface area (Å²) in [5.41, 5.74) is 8.16. The first-order valence-corrected chi connectivity index (χ1v) is 7.66. The van der Waals surface area contributed by atoms with Gasteiger partial charge in [0.2, 0.25) is 5.91 Å². The Labute approximate surface area is 122 Å². The first-order valence-electron chi connectivity index (χ1n) is 7.66. The highest BCUT2D eigenvalue weighted by atomic mass is 16.2. The molecule has 1 saturated heterocycles. The molecule has 2 rings (SSSR count). The molecule has 3 atom stereocenters. The summed E-state index contributed by atoms with van der Waals surface area (Å²) in [6.07, 6.45) is 2.06. The maximum atomic E-state index is 12.7. The van der Waals surface area contributed by atoms with Gasteiger partial charge in [-0.15, -0.1) is 0 Å². The van der Waals surface area contributed by atoms with E-state index in [2.05, 4.69) is 38.1 Å². The number of hydrogen-bond donors (Lipinski definition) is 1. The summed E-state index contributed by atoms with van der Waals surface area (Å²) in [6, 6.07) is 8.73. The quantitative estimate of drug-likeness (QED) is 0.917. The van der Waals surface area contributed by atoms with Crippen LogP contribution in [0.2, 0.25) is 0 Å². The van der Waals surface area contributed by atoms with Gasteiger partial charge in [0.1, 0.15) is 0 Å². The van der Waals surface area contributed by atoms with E-state index in [0.717, 1.165) is 24.9 Å². The molecule has 3 heteroatoms. The van der Waals surface area contributed by atoms with Crippen LogP contribution in [0.4, 0.5) is 0 Å². The monoisotopic (exact) mass is 274 g/mol. The lowest BCUT2D eigenvalue weighted by Crippen LogP contribution is -2.37. The zero-order valence-electron chi connectivity index (χ0n) is 12.8. The van der Waals surface area contributed by atoms with Crippen molar-refractivity contribution in [3.63, 3.8) is 0 Å². The van der Waals surface area contributed by atoms with Gasteiger partial charge in [-0.1, -0.05) is 31.2 Å². The summed E-state index contributed by atoms with van der Waals surface area (Å²) in [6.45, 7) is 7.76. The fraction of sp³-hybridized carbons (Fsp3) is 0.588. The van der Waals surface area contributed by atoms with Gasteiger partial charge in [0.05, 0.1) is 5.92 Å². The van der Waals surface area contributed by atoms with Gasteiger partial charge in [-0.25, -0.2) is 0 Å². The number of carbonyl (C=O) groups excluding carboxylic acids is 1. The molecule has 110 valence electrons. The molecule has 1 aliphatic rings. The van der Waals surface area contributed by atoms with Gasteiger partial charge in [-0.3, -0.25) is 4.79 Å². The Morgan fingerprint density at radius 2 is 2.05 bits per heavy atom. The Hall–Kier alpha value is -1.35. The number of nitrogens with zero attached hydrogens (tertiary/aromatic N) is 1. The zero-order valence-corrected chi connectivity index (χ0v) is 12.8. The number of rotatable bonds is 4. The summed E-state index contributed by atoms with van der Waals surface area (Å²) in [4.78, 5) is 14.7. The molecule has 0 spiro atoms. The van der Waals surface area contributed by atoms with Crippen molar-refractivity contribution < 1.29 is 4.79 Å². The molecule has 1 aliphatic heterocycles.